The molecule has 104 valence electrons. The molecule has 3 heteroatoms. The predicted molar refractivity (Wildman–Crippen MR) is 85.2 cm³/mol. The average Bonchev–Trinajstić information content (AvgIpc) is 3.04. The maximum atomic E-state index is 5.91. The standard InChI is InChI=1S/C17H19NOS/c1-11-8-9-17(20-11)13(3)18-12(2)16-10-14-6-4-5-7-15(14)19-16/h4-10,12-13,18H,1-3H3. The van der Waals surface area contributed by atoms with Gasteiger partial charge in [-0.2, -0.15) is 0 Å². The lowest BCUT2D eigenvalue weighted by atomic mass is 10.2. The van der Waals surface area contributed by atoms with Crippen LogP contribution in [-0.2, 0) is 0 Å². The summed E-state index contributed by atoms with van der Waals surface area (Å²) in [5, 5.41) is 4.77. The highest BCUT2D eigenvalue weighted by molar-refractivity contribution is 7.12. The van der Waals surface area contributed by atoms with Crippen LogP contribution in [0.25, 0.3) is 11.0 Å². The summed E-state index contributed by atoms with van der Waals surface area (Å²) in [7, 11) is 0. The normalized spacial score (nSPS) is 14.6. The molecule has 3 aromatic rings. The van der Waals surface area contributed by atoms with E-state index in [2.05, 4.69) is 50.4 Å². The zero-order chi connectivity index (χ0) is 14.1. The van der Waals surface area contributed by atoms with Gasteiger partial charge in [-0.3, -0.25) is 0 Å². The summed E-state index contributed by atoms with van der Waals surface area (Å²) in [5.41, 5.74) is 0.954. The van der Waals surface area contributed by atoms with Gasteiger partial charge >= 0.3 is 0 Å². The van der Waals surface area contributed by atoms with Crippen LogP contribution in [0.2, 0.25) is 0 Å². The molecule has 2 nitrogen and oxygen atoms in total. The molecule has 2 heterocycles. The summed E-state index contributed by atoms with van der Waals surface area (Å²) >= 11 is 1.84. The highest BCUT2D eigenvalue weighted by atomic mass is 32.1. The van der Waals surface area contributed by atoms with E-state index in [0.717, 1.165) is 16.7 Å². The molecular formula is C17H19NOS. The van der Waals surface area contributed by atoms with Crippen molar-refractivity contribution in [3.8, 4) is 0 Å². The van der Waals surface area contributed by atoms with Gasteiger partial charge in [-0.05, 0) is 45.0 Å². The lowest BCUT2D eigenvalue weighted by Crippen LogP contribution is -2.21. The average molecular weight is 285 g/mol. The Kier molecular flexibility index (Phi) is 3.64. The van der Waals surface area contributed by atoms with Gasteiger partial charge in [-0.25, -0.2) is 0 Å². The van der Waals surface area contributed by atoms with E-state index in [1.165, 1.54) is 9.75 Å². The van der Waals surface area contributed by atoms with Crippen LogP contribution in [-0.4, -0.2) is 0 Å². The fourth-order valence-electron chi connectivity index (χ4n) is 2.44. The van der Waals surface area contributed by atoms with E-state index < -0.39 is 0 Å². The number of rotatable bonds is 4. The van der Waals surface area contributed by atoms with Gasteiger partial charge in [0.15, 0.2) is 0 Å². The molecule has 2 unspecified atom stereocenters. The Morgan fingerprint density at radius 1 is 1.05 bits per heavy atom. The minimum absolute atomic E-state index is 0.194. The van der Waals surface area contributed by atoms with Crippen molar-refractivity contribution < 1.29 is 4.42 Å². The molecule has 0 aliphatic carbocycles. The number of hydrogen-bond acceptors (Lipinski definition) is 3. The molecule has 0 fully saturated rings. The van der Waals surface area contributed by atoms with E-state index in [4.69, 9.17) is 4.42 Å². The summed E-state index contributed by atoms with van der Waals surface area (Å²) in [4.78, 5) is 2.72. The van der Waals surface area contributed by atoms with Crippen molar-refractivity contribution >= 4 is 22.3 Å². The number of furan rings is 1. The number of para-hydroxylation sites is 1. The van der Waals surface area contributed by atoms with Gasteiger partial charge in [0.2, 0.25) is 0 Å². The van der Waals surface area contributed by atoms with E-state index in [-0.39, 0.29) is 6.04 Å². The predicted octanol–water partition coefficient (Wildman–Crippen LogP) is 5.21. The Labute approximate surface area is 123 Å². The van der Waals surface area contributed by atoms with Crippen LogP contribution in [0, 0.1) is 6.92 Å². The first kappa shape index (κ1) is 13.4. The molecule has 0 bridgehead atoms. The summed E-state index contributed by atoms with van der Waals surface area (Å²) in [5.74, 6) is 0.992. The Bertz CT molecular complexity index is 679. The van der Waals surface area contributed by atoms with E-state index >= 15 is 0 Å². The fourth-order valence-corrected chi connectivity index (χ4v) is 3.33. The number of hydrogen-bond donors (Lipinski definition) is 1. The van der Waals surface area contributed by atoms with Crippen LogP contribution in [0.4, 0.5) is 0 Å². The number of aryl methyl sites for hydroxylation is 1. The molecule has 1 aromatic carbocycles. The molecule has 20 heavy (non-hydrogen) atoms. The Balaban J connectivity index is 1.76. The van der Waals surface area contributed by atoms with Crippen LogP contribution in [0.3, 0.4) is 0 Å². The summed E-state index contributed by atoms with van der Waals surface area (Å²) < 4.78 is 5.91. The van der Waals surface area contributed by atoms with E-state index in [0.29, 0.717) is 6.04 Å². The van der Waals surface area contributed by atoms with Gasteiger partial charge in [-0.15, -0.1) is 11.3 Å². The monoisotopic (exact) mass is 285 g/mol. The number of thiophene rings is 1. The highest BCUT2D eigenvalue weighted by Gasteiger charge is 2.15. The van der Waals surface area contributed by atoms with Crippen LogP contribution in [0.5, 0.6) is 0 Å². The van der Waals surface area contributed by atoms with Crippen molar-refractivity contribution in [2.75, 3.05) is 0 Å². The first-order valence-corrected chi connectivity index (χ1v) is 7.76. The molecule has 0 saturated heterocycles. The van der Waals surface area contributed by atoms with Gasteiger partial charge in [0.1, 0.15) is 11.3 Å². The van der Waals surface area contributed by atoms with Crippen molar-refractivity contribution in [2.45, 2.75) is 32.9 Å². The van der Waals surface area contributed by atoms with Gasteiger partial charge in [0, 0.05) is 21.2 Å². The molecule has 0 aliphatic rings. The SMILES string of the molecule is Cc1ccc(C(C)NC(C)c2cc3ccccc3o2)s1. The van der Waals surface area contributed by atoms with Gasteiger partial charge < -0.3 is 9.73 Å². The minimum Gasteiger partial charge on any atom is -0.459 e. The van der Waals surface area contributed by atoms with Crippen molar-refractivity contribution in [1.29, 1.82) is 0 Å². The number of fused-ring (bicyclic) bond motifs is 1. The Morgan fingerprint density at radius 2 is 1.85 bits per heavy atom. The molecule has 3 rings (SSSR count). The molecule has 1 N–H and O–H groups in total. The Morgan fingerprint density at radius 3 is 2.55 bits per heavy atom. The fraction of sp³-hybridized carbons (Fsp3) is 0.294. The molecule has 0 radical (unpaired) electrons. The molecule has 2 atom stereocenters. The number of benzene rings is 1. The first-order valence-electron chi connectivity index (χ1n) is 6.94. The molecular weight excluding hydrogens is 266 g/mol. The summed E-state index contributed by atoms with van der Waals surface area (Å²) in [6.07, 6.45) is 0. The van der Waals surface area contributed by atoms with Crippen molar-refractivity contribution in [3.05, 3.63) is 58.0 Å². The quantitative estimate of drug-likeness (QED) is 0.711. The second-order valence-electron chi connectivity index (χ2n) is 5.25. The largest absolute Gasteiger partial charge is 0.459 e. The third-order valence-electron chi connectivity index (χ3n) is 3.56. The number of nitrogens with one attached hydrogen (secondary N) is 1. The van der Waals surface area contributed by atoms with E-state index in [9.17, 15) is 0 Å². The highest BCUT2D eigenvalue weighted by Crippen LogP contribution is 2.28. The smallest absolute Gasteiger partial charge is 0.134 e. The summed E-state index contributed by atoms with van der Waals surface area (Å²) in [6.45, 7) is 6.49. The van der Waals surface area contributed by atoms with Crippen LogP contribution >= 0.6 is 11.3 Å². The molecule has 2 aromatic heterocycles. The summed E-state index contributed by atoms with van der Waals surface area (Å²) in [6, 6.07) is 15.2. The van der Waals surface area contributed by atoms with E-state index in [1.807, 2.05) is 29.5 Å². The van der Waals surface area contributed by atoms with Gasteiger partial charge in [0.25, 0.3) is 0 Å². The van der Waals surface area contributed by atoms with Gasteiger partial charge in [0.05, 0.1) is 6.04 Å². The van der Waals surface area contributed by atoms with Gasteiger partial charge in [-0.1, -0.05) is 18.2 Å². The van der Waals surface area contributed by atoms with Crippen LogP contribution in [0.1, 0.15) is 41.4 Å². The molecule has 0 amide bonds. The topological polar surface area (TPSA) is 25.2 Å². The van der Waals surface area contributed by atoms with Crippen molar-refractivity contribution in [2.24, 2.45) is 0 Å². The van der Waals surface area contributed by atoms with Crippen molar-refractivity contribution in [1.82, 2.24) is 5.32 Å². The maximum Gasteiger partial charge on any atom is 0.134 e. The molecule has 0 aliphatic heterocycles. The lowest BCUT2D eigenvalue weighted by molar-refractivity contribution is 0.420. The third kappa shape index (κ3) is 2.65. The lowest BCUT2D eigenvalue weighted by Gasteiger charge is -2.17. The zero-order valence-corrected chi connectivity index (χ0v) is 12.8. The van der Waals surface area contributed by atoms with Crippen LogP contribution < -0.4 is 5.32 Å². The molecule has 0 spiro atoms. The Hall–Kier alpha value is -1.58. The molecule has 0 saturated carbocycles. The van der Waals surface area contributed by atoms with Crippen molar-refractivity contribution in [3.63, 3.8) is 0 Å². The zero-order valence-electron chi connectivity index (χ0n) is 12.0. The van der Waals surface area contributed by atoms with Crippen LogP contribution in [0.15, 0.2) is 46.9 Å². The van der Waals surface area contributed by atoms with E-state index in [1.54, 1.807) is 0 Å². The second-order valence-corrected chi connectivity index (χ2v) is 6.56. The minimum atomic E-state index is 0.194. The maximum absolute atomic E-state index is 5.91. The second kappa shape index (κ2) is 5.43. The third-order valence-corrected chi connectivity index (χ3v) is 4.74. The first-order chi connectivity index (χ1) is 9.63.